The van der Waals surface area contributed by atoms with Gasteiger partial charge < -0.3 is 14.7 Å². The zero-order valence-corrected chi connectivity index (χ0v) is 8.88. The Balaban J connectivity index is 2.70. The van der Waals surface area contributed by atoms with Gasteiger partial charge in [0.1, 0.15) is 0 Å². The van der Waals surface area contributed by atoms with Crippen molar-refractivity contribution in [3.05, 3.63) is 0 Å². The molecular formula is C9H14F3NO3. The van der Waals surface area contributed by atoms with Crippen LogP contribution in [-0.4, -0.2) is 47.6 Å². The number of hydrogen-bond acceptors (Lipinski definition) is 3. The molecule has 0 bridgehead atoms. The molecule has 1 amide bonds. The van der Waals surface area contributed by atoms with E-state index in [9.17, 15) is 23.1 Å². The Morgan fingerprint density at radius 1 is 1.56 bits per heavy atom. The number of likely N-dealkylation sites (tertiary alicyclic amines) is 1. The van der Waals surface area contributed by atoms with Gasteiger partial charge in [-0.15, -0.1) is 0 Å². The van der Waals surface area contributed by atoms with Crippen molar-refractivity contribution in [2.45, 2.75) is 31.5 Å². The van der Waals surface area contributed by atoms with Crippen molar-refractivity contribution in [3.63, 3.8) is 0 Å². The highest BCUT2D eigenvalue weighted by Gasteiger charge is 2.56. The van der Waals surface area contributed by atoms with Crippen molar-refractivity contribution < 1.29 is 27.8 Å². The number of ether oxygens (including phenoxy) is 1. The Morgan fingerprint density at radius 3 is 2.69 bits per heavy atom. The molecule has 7 heteroatoms. The van der Waals surface area contributed by atoms with Crippen LogP contribution in [0.4, 0.5) is 18.0 Å². The zero-order chi connectivity index (χ0) is 12.4. The maximum Gasteiger partial charge on any atom is 0.418 e. The summed E-state index contributed by atoms with van der Waals surface area (Å²) in [5.74, 6) is 0. The topological polar surface area (TPSA) is 49.8 Å². The summed E-state index contributed by atoms with van der Waals surface area (Å²) in [7, 11) is 0. The molecular weight excluding hydrogens is 227 g/mol. The molecule has 1 saturated heterocycles. The van der Waals surface area contributed by atoms with E-state index in [1.807, 2.05) is 0 Å². The predicted octanol–water partition coefficient (Wildman–Crippen LogP) is 1.53. The van der Waals surface area contributed by atoms with E-state index in [1.165, 1.54) is 0 Å². The van der Waals surface area contributed by atoms with E-state index in [1.54, 1.807) is 6.92 Å². The molecule has 0 radical (unpaired) electrons. The zero-order valence-electron chi connectivity index (χ0n) is 8.88. The first-order valence-electron chi connectivity index (χ1n) is 5.01. The Kier molecular flexibility index (Phi) is 3.67. The van der Waals surface area contributed by atoms with Crippen molar-refractivity contribution in [1.29, 1.82) is 0 Å². The molecule has 0 spiro atoms. The summed E-state index contributed by atoms with van der Waals surface area (Å²) in [4.78, 5) is 12.1. The number of carbonyl (C=O) groups excluding carboxylic acids is 1. The van der Waals surface area contributed by atoms with Gasteiger partial charge in [0, 0.05) is 6.54 Å². The number of amides is 1. The Labute approximate surface area is 91.0 Å². The lowest BCUT2D eigenvalue weighted by Crippen LogP contribution is -2.58. The van der Waals surface area contributed by atoms with Gasteiger partial charge in [0.2, 0.25) is 0 Å². The number of halogens is 3. The van der Waals surface area contributed by atoms with E-state index in [2.05, 4.69) is 4.74 Å². The van der Waals surface area contributed by atoms with Gasteiger partial charge in [-0.25, -0.2) is 4.79 Å². The third-order valence-electron chi connectivity index (χ3n) is 2.52. The molecule has 1 aliphatic heterocycles. The molecule has 94 valence electrons. The minimum Gasteiger partial charge on any atom is -0.450 e. The van der Waals surface area contributed by atoms with Gasteiger partial charge >= 0.3 is 12.3 Å². The Bertz CT molecular complexity index is 269. The van der Waals surface area contributed by atoms with Gasteiger partial charge in [-0.05, 0) is 19.8 Å². The van der Waals surface area contributed by atoms with Crippen LogP contribution in [0.25, 0.3) is 0 Å². The van der Waals surface area contributed by atoms with Crippen molar-refractivity contribution in [3.8, 4) is 0 Å². The second-order valence-electron chi connectivity index (χ2n) is 3.75. The lowest BCUT2D eigenvalue weighted by Gasteiger charge is -2.39. The average Bonchev–Trinajstić information content (AvgIpc) is 2.16. The van der Waals surface area contributed by atoms with E-state index in [-0.39, 0.29) is 26.0 Å². The van der Waals surface area contributed by atoms with E-state index >= 15 is 0 Å². The van der Waals surface area contributed by atoms with E-state index < -0.39 is 24.4 Å². The van der Waals surface area contributed by atoms with Crippen LogP contribution in [0.1, 0.15) is 19.8 Å². The molecule has 0 aromatic carbocycles. The summed E-state index contributed by atoms with van der Waals surface area (Å²) >= 11 is 0. The number of carbonyl (C=O) groups is 1. The summed E-state index contributed by atoms with van der Waals surface area (Å²) in [6.07, 6.45) is -5.82. The van der Waals surface area contributed by atoms with Gasteiger partial charge in [-0.3, -0.25) is 0 Å². The van der Waals surface area contributed by atoms with Crippen LogP contribution in [0, 0.1) is 0 Å². The number of hydrogen-bond donors (Lipinski definition) is 1. The summed E-state index contributed by atoms with van der Waals surface area (Å²) in [6.45, 7) is 1.09. The normalized spacial score (nSPS) is 26.7. The number of rotatable bonds is 1. The van der Waals surface area contributed by atoms with E-state index in [0.29, 0.717) is 0 Å². The van der Waals surface area contributed by atoms with Crippen molar-refractivity contribution in [2.24, 2.45) is 0 Å². The highest BCUT2D eigenvalue weighted by molar-refractivity contribution is 5.67. The number of aliphatic hydroxyl groups is 1. The Hall–Kier alpha value is -0.980. The largest absolute Gasteiger partial charge is 0.450 e. The molecule has 1 rings (SSSR count). The van der Waals surface area contributed by atoms with Crippen molar-refractivity contribution >= 4 is 6.09 Å². The fourth-order valence-corrected chi connectivity index (χ4v) is 1.64. The first-order valence-corrected chi connectivity index (χ1v) is 5.01. The summed E-state index contributed by atoms with van der Waals surface area (Å²) < 4.78 is 42.2. The van der Waals surface area contributed by atoms with Crippen LogP contribution in [0.15, 0.2) is 0 Å². The van der Waals surface area contributed by atoms with Gasteiger partial charge in [0.15, 0.2) is 5.60 Å². The highest BCUT2D eigenvalue weighted by atomic mass is 19.4. The van der Waals surface area contributed by atoms with Gasteiger partial charge in [0.05, 0.1) is 13.2 Å². The summed E-state index contributed by atoms with van der Waals surface area (Å²) in [5.41, 5.74) is -2.81. The van der Waals surface area contributed by atoms with Crippen molar-refractivity contribution in [2.75, 3.05) is 19.7 Å². The van der Waals surface area contributed by atoms with Crippen LogP contribution in [0.5, 0.6) is 0 Å². The summed E-state index contributed by atoms with van der Waals surface area (Å²) in [6, 6.07) is 0. The molecule has 16 heavy (non-hydrogen) atoms. The second kappa shape index (κ2) is 4.48. The molecule has 1 fully saturated rings. The third kappa shape index (κ3) is 2.58. The van der Waals surface area contributed by atoms with Gasteiger partial charge in [-0.2, -0.15) is 13.2 Å². The molecule has 1 atom stereocenters. The van der Waals surface area contributed by atoms with Crippen LogP contribution in [-0.2, 0) is 4.74 Å². The average molecular weight is 241 g/mol. The minimum atomic E-state index is -4.72. The summed E-state index contributed by atoms with van der Waals surface area (Å²) in [5, 5.41) is 9.42. The lowest BCUT2D eigenvalue weighted by atomic mass is 9.92. The van der Waals surface area contributed by atoms with Crippen LogP contribution >= 0.6 is 0 Å². The molecule has 1 heterocycles. The van der Waals surface area contributed by atoms with Crippen LogP contribution < -0.4 is 0 Å². The van der Waals surface area contributed by atoms with Gasteiger partial charge in [-0.1, -0.05) is 0 Å². The van der Waals surface area contributed by atoms with Crippen molar-refractivity contribution in [1.82, 2.24) is 4.90 Å². The second-order valence-corrected chi connectivity index (χ2v) is 3.75. The van der Waals surface area contributed by atoms with E-state index in [0.717, 1.165) is 4.90 Å². The number of alkyl halides is 3. The smallest absolute Gasteiger partial charge is 0.418 e. The maximum atomic E-state index is 12.5. The predicted molar refractivity (Wildman–Crippen MR) is 48.8 cm³/mol. The fraction of sp³-hybridized carbons (Fsp3) is 0.889. The number of piperidine rings is 1. The number of β-amino-alcohol motifs (C(OH)–C–C–N with tert-alkyl or cyclic N) is 1. The molecule has 1 N–H and O–H groups in total. The number of nitrogens with zero attached hydrogens (tertiary/aromatic N) is 1. The fourth-order valence-electron chi connectivity index (χ4n) is 1.64. The molecule has 0 aromatic rings. The minimum absolute atomic E-state index is 0.0970. The monoisotopic (exact) mass is 241 g/mol. The molecule has 0 aliphatic carbocycles. The molecule has 4 nitrogen and oxygen atoms in total. The SMILES string of the molecule is CCOC(=O)N1CCCC(O)(C(F)(F)F)C1. The molecule has 1 aliphatic rings. The standard InChI is InChI=1S/C9H14F3NO3/c1-2-16-7(14)13-5-3-4-8(15,6-13)9(10,11)12/h15H,2-6H2,1H3. The quantitative estimate of drug-likeness (QED) is 0.757. The molecule has 1 unspecified atom stereocenters. The van der Waals surface area contributed by atoms with Crippen LogP contribution in [0.2, 0.25) is 0 Å². The van der Waals surface area contributed by atoms with Gasteiger partial charge in [0.25, 0.3) is 0 Å². The van der Waals surface area contributed by atoms with Crippen LogP contribution in [0.3, 0.4) is 0 Å². The lowest BCUT2D eigenvalue weighted by molar-refractivity contribution is -0.271. The first kappa shape index (κ1) is 13.1. The van der Waals surface area contributed by atoms with E-state index in [4.69, 9.17) is 0 Å². The Morgan fingerprint density at radius 2 is 2.19 bits per heavy atom. The maximum absolute atomic E-state index is 12.5. The first-order chi connectivity index (χ1) is 7.30. The molecule has 0 saturated carbocycles. The highest BCUT2D eigenvalue weighted by Crippen LogP contribution is 2.37. The molecule has 0 aromatic heterocycles. The third-order valence-corrected chi connectivity index (χ3v) is 2.52.